The molecule has 0 unspecified atom stereocenters. The van der Waals surface area contributed by atoms with Crippen LogP contribution in [0.1, 0.15) is 43.7 Å². The van der Waals surface area contributed by atoms with Gasteiger partial charge in [0.05, 0.1) is 10.5 Å². The molecule has 0 bridgehead atoms. The van der Waals surface area contributed by atoms with Gasteiger partial charge in [-0.1, -0.05) is 19.9 Å². The molecule has 1 aromatic carbocycles. The van der Waals surface area contributed by atoms with Gasteiger partial charge in [-0.05, 0) is 59.4 Å². The number of halogens is 4. The minimum atomic E-state index is -4.78. The van der Waals surface area contributed by atoms with Crippen molar-refractivity contribution in [2.24, 2.45) is 0 Å². The summed E-state index contributed by atoms with van der Waals surface area (Å²) in [7, 11) is -4.27. The molecule has 4 nitrogen and oxygen atoms in total. The topological polar surface area (TPSA) is 58.2 Å². The van der Waals surface area contributed by atoms with E-state index in [1.807, 2.05) is 0 Å². The van der Waals surface area contributed by atoms with Gasteiger partial charge in [0.2, 0.25) is 10.0 Å². The molecule has 1 fully saturated rings. The quantitative estimate of drug-likeness (QED) is 0.769. The van der Waals surface area contributed by atoms with Gasteiger partial charge in [0.1, 0.15) is 0 Å². The third-order valence-corrected chi connectivity index (χ3v) is 6.41. The lowest BCUT2D eigenvalue weighted by Gasteiger charge is -2.25. The first-order valence-corrected chi connectivity index (χ1v) is 9.94. The molecule has 9 heteroatoms. The van der Waals surface area contributed by atoms with Crippen molar-refractivity contribution in [1.82, 2.24) is 10.0 Å². The zero-order valence-corrected chi connectivity index (χ0v) is 15.8. The first-order chi connectivity index (χ1) is 11.0. The molecule has 1 saturated heterocycles. The second-order valence-electron chi connectivity index (χ2n) is 6.14. The number of alkyl halides is 3. The van der Waals surface area contributed by atoms with Crippen molar-refractivity contribution in [3.63, 3.8) is 0 Å². The van der Waals surface area contributed by atoms with Crippen molar-refractivity contribution in [3.05, 3.63) is 27.7 Å². The summed E-state index contributed by atoms with van der Waals surface area (Å²) in [4.78, 5) is -0.732. The molecule has 0 saturated carbocycles. The van der Waals surface area contributed by atoms with E-state index in [1.54, 1.807) is 13.8 Å². The van der Waals surface area contributed by atoms with Crippen LogP contribution in [0.15, 0.2) is 21.5 Å². The Labute approximate surface area is 148 Å². The standard InChI is InChI=1S/C15H20BrF3N2O2S/c1-9(2)11-3-4-12(13(14(11)16)15(17,18)19)24(22,23)21-10-5-7-20-8-6-10/h3-4,9-10,20-21H,5-8H2,1-2H3. The molecule has 1 aliphatic rings. The molecule has 0 aromatic heterocycles. The van der Waals surface area contributed by atoms with Crippen LogP contribution < -0.4 is 10.0 Å². The molecule has 2 rings (SSSR count). The first-order valence-electron chi connectivity index (χ1n) is 7.66. The van der Waals surface area contributed by atoms with E-state index in [9.17, 15) is 21.6 Å². The predicted molar refractivity (Wildman–Crippen MR) is 89.4 cm³/mol. The number of nitrogens with one attached hydrogen (secondary N) is 2. The maximum Gasteiger partial charge on any atom is 0.418 e. The molecule has 0 aliphatic carbocycles. The van der Waals surface area contributed by atoms with Crippen LogP contribution in [-0.2, 0) is 16.2 Å². The molecule has 0 atom stereocenters. The van der Waals surface area contributed by atoms with Gasteiger partial charge in [0, 0.05) is 10.5 Å². The maximum absolute atomic E-state index is 13.5. The lowest BCUT2D eigenvalue weighted by Crippen LogP contribution is -2.43. The van der Waals surface area contributed by atoms with Crippen molar-refractivity contribution in [2.75, 3.05) is 13.1 Å². The third-order valence-electron chi connectivity index (χ3n) is 3.99. The molecule has 24 heavy (non-hydrogen) atoms. The van der Waals surface area contributed by atoms with E-state index < -0.39 is 26.7 Å². The number of benzene rings is 1. The number of rotatable bonds is 4. The fourth-order valence-electron chi connectivity index (χ4n) is 2.73. The Kier molecular flexibility index (Phi) is 5.99. The van der Waals surface area contributed by atoms with E-state index >= 15 is 0 Å². The minimum Gasteiger partial charge on any atom is -0.317 e. The Hall–Kier alpha value is -0.640. The Morgan fingerprint density at radius 2 is 1.83 bits per heavy atom. The van der Waals surface area contributed by atoms with Crippen LogP contribution in [0.4, 0.5) is 13.2 Å². The van der Waals surface area contributed by atoms with Crippen molar-refractivity contribution < 1.29 is 21.6 Å². The Morgan fingerprint density at radius 1 is 1.25 bits per heavy atom. The Morgan fingerprint density at radius 3 is 2.33 bits per heavy atom. The highest BCUT2D eigenvalue weighted by atomic mass is 79.9. The molecule has 1 aromatic rings. The molecule has 0 spiro atoms. The highest BCUT2D eigenvalue weighted by molar-refractivity contribution is 9.10. The fourth-order valence-corrected chi connectivity index (χ4v) is 5.43. The second kappa shape index (κ2) is 7.31. The molecule has 0 amide bonds. The van der Waals surface area contributed by atoms with Crippen LogP contribution in [0.3, 0.4) is 0 Å². The molecular formula is C15H20BrF3N2O2S. The van der Waals surface area contributed by atoms with E-state index in [4.69, 9.17) is 0 Å². The average molecular weight is 429 g/mol. The van der Waals surface area contributed by atoms with E-state index in [0.29, 0.717) is 31.5 Å². The molecule has 1 aliphatic heterocycles. The Balaban J connectivity index is 2.50. The number of piperidine rings is 1. The fraction of sp³-hybridized carbons (Fsp3) is 0.600. The molecular weight excluding hydrogens is 409 g/mol. The van der Waals surface area contributed by atoms with Crippen LogP contribution in [0, 0.1) is 0 Å². The van der Waals surface area contributed by atoms with Gasteiger partial charge >= 0.3 is 6.18 Å². The monoisotopic (exact) mass is 428 g/mol. The highest BCUT2D eigenvalue weighted by Gasteiger charge is 2.41. The number of sulfonamides is 1. The van der Waals surface area contributed by atoms with Gasteiger partial charge in [-0.2, -0.15) is 13.2 Å². The summed E-state index contributed by atoms with van der Waals surface area (Å²) in [5.41, 5.74) is -0.724. The van der Waals surface area contributed by atoms with Crippen molar-refractivity contribution in [3.8, 4) is 0 Å². The van der Waals surface area contributed by atoms with E-state index in [0.717, 1.165) is 6.07 Å². The smallest absolute Gasteiger partial charge is 0.317 e. The lowest BCUT2D eigenvalue weighted by atomic mass is 10.0. The van der Waals surface area contributed by atoms with Crippen LogP contribution in [0.5, 0.6) is 0 Å². The minimum absolute atomic E-state index is 0.172. The largest absolute Gasteiger partial charge is 0.418 e. The SMILES string of the molecule is CC(C)c1ccc(S(=O)(=O)NC2CCNCC2)c(C(F)(F)F)c1Br. The molecule has 0 radical (unpaired) electrons. The summed E-state index contributed by atoms with van der Waals surface area (Å²) < 4.78 is 67.9. The third kappa shape index (κ3) is 4.30. The van der Waals surface area contributed by atoms with Crippen molar-refractivity contribution >= 4 is 26.0 Å². The highest BCUT2D eigenvalue weighted by Crippen LogP contribution is 2.42. The normalized spacial score (nSPS) is 17.5. The van der Waals surface area contributed by atoms with Crippen molar-refractivity contribution in [1.29, 1.82) is 0 Å². The van der Waals surface area contributed by atoms with Gasteiger partial charge in [0.25, 0.3) is 0 Å². The zero-order valence-electron chi connectivity index (χ0n) is 13.4. The van der Waals surface area contributed by atoms with Gasteiger partial charge in [-0.15, -0.1) is 0 Å². The number of hydrogen-bond acceptors (Lipinski definition) is 3. The summed E-state index contributed by atoms with van der Waals surface area (Å²) >= 11 is 2.96. The molecule has 1 heterocycles. The van der Waals surface area contributed by atoms with Crippen LogP contribution >= 0.6 is 15.9 Å². The number of hydrogen-bond donors (Lipinski definition) is 2. The average Bonchev–Trinajstić information content (AvgIpc) is 2.45. The van der Waals surface area contributed by atoms with E-state index in [2.05, 4.69) is 26.0 Å². The lowest BCUT2D eigenvalue weighted by molar-refractivity contribution is -0.140. The maximum atomic E-state index is 13.5. The van der Waals surface area contributed by atoms with Crippen LogP contribution in [-0.4, -0.2) is 27.5 Å². The summed E-state index contributed by atoms with van der Waals surface area (Å²) in [6.45, 7) is 4.77. The van der Waals surface area contributed by atoms with Gasteiger partial charge in [-0.25, -0.2) is 13.1 Å². The summed E-state index contributed by atoms with van der Waals surface area (Å²) in [6, 6.07) is 2.12. The molecule has 136 valence electrons. The van der Waals surface area contributed by atoms with Crippen LogP contribution in [0.25, 0.3) is 0 Å². The summed E-state index contributed by atoms with van der Waals surface area (Å²) in [5.74, 6) is -0.172. The Bertz CT molecular complexity index is 699. The van der Waals surface area contributed by atoms with Crippen LogP contribution in [0.2, 0.25) is 0 Å². The molecule has 2 N–H and O–H groups in total. The summed E-state index contributed by atoms with van der Waals surface area (Å²) in [5, 5.41) is 3.08. The van der Waals surface area contributed by atoms with Crippen molar-refractivity contribution in [2.45, 2.75) is 49.7 Å². The van der Waals surface area contributed by atoms with E-state index in [-0.39, 0.29) is 16.4 Å². The van der Waals surface area contributed by atoms with Gasteiger partial charge < -0.3 is 5.32 Å². The predicted octanol–water partition coefficient (Wildman–Crippen LogP) is 3.62. The summed E-state index contributed by atoms with van der Waals surface area (Å²) in [6.07, 6.45) is -3.68. The first kappa shape index (κ1) is 19.7. The van der Waals surface area contributed by atoms with Gasteiger partial charge in [0.15, 0.2) is 0 Å². The van der Waals surface area contributed by atoms with E-state index in [1.165, 1.54) is 6.07 Å². The van der Waals surface area contributed by atoms with Gasteiger partial charge in [-0.3, -0.25) is 0 Å². The second-order valence-corrected chi connectivity index (χ2v) is 8.62. The zero-order chi connectivity index (χ0) is 18.1.